The van der Waals surface area contributed by atoms with Gasteiger partial charge < -0.3 is 0 Å². The van der Waals surface area contributed by atoms with Gasteiger partial charge in [-0.2, -0.15) is 5.10 Å². The average molecular weight is 230 g/mol. The Bertz CT molecular complexity index is 589. The third-order valence-corrected chi connectivity index (χ3v) is 2.98. The summed E-state index contributed by atoms with van der Waals surface area (Å²) in [6, 6.07) is 6.19. The highest BCUT2D eigenvalue weighted by Gasteiger charge is 2.21. The van der Waals surface area contributed by atoms with E-state index in [2.05, 4.69) is 5.10 Å². The normalized spacial score (nSPS) is 14.8. The number of aromatic nitrogens is 2. The number of aryl methyl sites for hydroxylation is 1. The van der Waals surface area contributed by atoms with Crippen LogP contribution in [0.4, 0.5) is 4.39 Å². The van der Waals surface area contributed by atoms with Gasteiger partial charge in [-0.1, -0.05) is 6.07 Å². The summed E-state index contributed by atoms with van der Waals surface area (Å²) in [5, 5.41) is 4.24. The molecule has 3 rings (SSSR count). The van der Waals surface area contributed by atoms with E-state index >= 15 is 0 Å². The number of nitrogens with zero attached hydrogens (tertiary/aromatic N) is 2. The first-order valence-corrected chi connectivity index (χ1v) is 5.62. The van der Waals surface area contributed by atoms with Crippen molar-refractivity contribution in [3.63, 3.8) is 0 Å². The van der Waals surface area contributed by atoms with Gasteiger partial charge in [-0.15, -0.1) is 0 Å². The van der Waals surface area contributed by atoms with Crippen molar-refractivity contribution >= 4 is 5.78 Å². The van der Waals surface area contributed by atoms with Crippen LogP contribution >= 0.6 is 0 Å². The zero-order valence-corrected chi connectivity index (χ0v) is 9.19. The van der Waals surface area contributed by atoms with Gasteiger partial charge in [0.2, 0.25) is 0 Å². The summed E-state index contributed by atoms with van der Waals surface area (Å²) in [5.41, 5.74) is 2.15. The van der Waals surface area contributed by atoms with Crippen LogP contribution in [0.2, 0.25) is 0 Å². The molecule has 1 aliphatic rings. The fourth-order valence-corrected chi connectivity index (χ4v) is 2.14. The SMILES string of the molecule is O=C1CCCc2cn(-c3cccc(F)c3)nc21. The number of fused-ring (bicyclic) bond motifs is 1. The summed E-state index contributed by atoms with van der Waals surface area (Å²) >= 11 is 0. The van der Waals surface area contributed by atoms with Crippen LogP contribution in [-0.4, -0.2) is 15.6 Å². The fraction of sp³-hybridized carbons (Fsp3) is 0.231. The molecule has 0 fully saturated rings. The number of rotatable bonds is 1. The van der Waals surface area contributed by atoms with Crippen LogP contribution in [0.3, 0.4) is 0 Å². The molecule has 0 saturated heterocycles. The first-order valence-electron chi connectivity index (χ1n) is 5.62. The molecule has 1 aliphatic carbocycles. The second-order valence-electron chi connectivity index (χ2n) is 4.20. The lowest BCUT2D eigenvalue weighted by atomic mass is 9.97. The highest BCUT2D eigenvalue weighted by Crippen LogP contribution is 2.21. The molecule has 1 heterocycles. The van der Waals surface area contributed by atoms with E-state index in [0.29, 0.717) is 17.8 Å². The van der Waals surface area contributed by atoms with Crippen molar-refractivity contribution in [3.8, 4) is 5.69 Å². The van der Waals surface area contributed by atoms with Crippen LogP contribution in [0.15, 0.2) is 30.5 Å². The number of benzene rings is 1. The zero-order valence-electron chi connectivity index (χ0n) is 9.19. The standard InChI is InChI=1S/C13H11FN2O/c14-10-4-2-5-11(7-10)16-8-9-3-1-6-12(17)13(9)15-16/h2,4-5,7-8H,1,3,6H2. The van der Waals surface area contributed by atoms with Crippen molar-refractivity contribution in [3.05, 3.63) is 47.5 Å². The summed E-state index contributed by atoms with van der Waals surface area (Å²) in [6.45, 7) is 0. The first-order chi connectivity index (χ1) is 8.24. The minimum Gasteiger partial charge on any atom is -0.292 e. The zero-order chi connectivity index (χ0) is 11.8. The molecule has 0 amide bonds. The van der Waals surface area contributed by atoms with Crippen molar-refractivity contribution in [1.82, 2.24) is 9.78 Å². The van der Waals surface area contributed by atoms with Crippen molar-refractivity contribution in [1.29, 1.82) is 0 Å². The van der Waals surface area contributed by atoms with E-state index in [1.807, 2.05) is 6.20 Å². The quantitative estimate of drug-likeness (QED) is 0.754. The number of ketones is 1. The number of hydrogen-bond donors (Lipinski definition) is 0. The lowest BCUT2D eigenvalue weighted by Gasteiger charge is -2.05. The van der Waals surface area contributed by atoms with Crippen LogP contribution in [-0.2, 0) is 6.42 Å². The summed E-state index contributed by atoms with van der Waals surface area (Å²) < 4.78 is 14.7. The Kier molecular flexibility index (Phi) is 2.28. The van der Waals surface area contributed by atoms with Gasteiger partial charge in [-0.25, -0.2) is 9.07 Å². The molecule has 0 atom stereocenters. The van der Waals surface area contributed by atoms with Gasteiger partial charge in [-0.3, -0.25) is 4.79 Å². The van der Waals surface area contributed by atoms with Crippen LogP contribution in [0.25, 0.3) is 5.69 Å². The second kappa shape index (κ2) is 3.80. The van der Waals surface area contributed by atoms with Crippen molar-refractivity contribution in [2.75, 3.05) is 0 Å². The maximum absolute atomic E-state index is 13.1. The highest BCUT2D eigenvalue weighted by molar-refractivity contribution is 5.96. The topological polar surface area (TPSA) is 34.9 Å². The third-order valence-electron chi connectivity index (χ3n) is 2.98. The Labute approximate surface area is 97.9 Å². The molecular formula is C13H11FN2O. The highest BCUT2D eigenvalue weighted by atomic mass is 19.1. The second-order valence-corrected chi connectivity index (χ2v) is 4.20. The van der Waals surface area contributed by atoms with E-state index in [4.69, 9.17) is 0 Å². The molecule has 4 heteroatoms. The number of carbonyl (C=O) groups excluding carboxylic acids is 1. The molecule has 0 N–H and O–H groups in total. The average Bonchev–Trinajstić information content (AvgIpc) is 2.74. The summed E-state index contributed by atoms with van der Waals surface area (Å²) in [6.07, 6.45) is 4.13. The smallest absolute Gasteiger partial charge is 0.183 e. The lowest BCUT2D eigenvalue weighted by Crippen LogP contribution is -2.09. The van der Waals surface area contributed by atoms with E-state index in [9.17, 15) is 9.18 Å². The molecular weight excluding hydrogens is 219 g/mol. The Hall–Kier alpha value is -1.97. The monoisotopic (exact) mass is 230 g/mol. The predicted molar refractivity (Wildman–Crippen MR) is 60.8 cm³/mol. The first kappa shape index (κ1) is 10.2. The molecule has 0 radical (unpaired) electrons. The van der Waals surface area contributed by atoms with E-state index in [1.54, 1.807) is 16.8 Å². The maximum Gasteiger partial charge on any atom is 0.183 e. The largest absolute Gasteiger partial charge is 0.292 e. The Balaban J connectivity index is 2.08. The van der Waals surface area contributed by atoms with E-state index in [1.165, 1.54) is 12.1 Å². The fourth-order valence-electron chi connectivity index (χ4n) is 2.14. The van der Waals surface area contributed by atoms with E-state index in [0.717, 1.165) is 18.4 Å². The van der Waals surface area contributed by atoms with Crippen molar-refractivity contribution in [2.24, 2.45) is 0 Å². The van der Waals surface area contributed by atoms with Gasteiger partial charge in [0.1, 0.15) is 11.5 Å². The minimum absolute atomic E-state index is 0.0846. The van der Waals surface area contributed by atoms with Gasteiger partial charge in [-0.05, 0) is 31.0 Å². The molecule has 1 aromatic carbocycles. The minimum atomic E-state index is -0.303. The van der Waals surface area contributed by atoms with Crippen molar-refractivity contribution < 1.29 is 9.18 Å². The molecule has 2 aromatic rings. The van der Waals surface area contributed by atoms with Crippen molar-refractivity contribution in [2.45, 2.75) is 19.3 Å². The molecule has 0 saturated carbocycles. The number of carbonyl (C=O) groups is 1. The predicted octanol–water partition coefficient (Wildman–Crippen LogP) is 2.53. The van der Waals surface area contributed by atoms with E-state index < -0.39 is 0 Å². The molecule has 3 nitrogen and oxygen atoms in total. The summed E-state index contributed by atoms with van der Waals surface area (Å²) in [7, 11) is 0. The molecule has 0 bridgehead atoms. The molecule has 17 heavy (non-hydrogen) atoms. The van der Waals surface area contributed by atoms with Gasteiger partial charge >= 0.3 is 0 Å². The number of hydrogen-bond acceptors (Lipinski definition) is 2. The molecule has 0 unspecified atom stereocenters. The van der Waals surface area contributed by atoms with Crippen LogP contribution < -0.4 is 0 Å². The number of Topliss-reactive ketones (excluding diaryl/α,β-unsaturated/α-hetero) is 1. The van der Waals surface area contributed by atoms with Crippen LogP contribution in [0, 0.1) is 5.82 Å². The summed E-state index contributed by atoms with van der Waals surface area (Å²) in [5.74, 6) is -0.219. The molecule has 0 spiro atoms. The van der Waals surface area contributed by atoms with Crippen LogP contribution in [0.5, 0.6) is 0 Å². The number of halogens is 1. The summed E-state index contributed by atoms with van der Waals surface area (Å²) in [4.78, 5) is 11.6. The molecule has 1 aromatic heterocycles. The third kappa shape index (κ3) is 1.75. The van der Waals surface area contributed by atoms with Gasteiger partial charge in [0.15, 0.2) is 5.78 Å². The van der Waals surface area contributed by atoms with Gasteiger partial charge in [0, 0.05) is 18.2 Å². The van der Waals surface area contributed by atoms with Gasteiger partial charge in [0.05, 0.1) is 5.69 Å². The molecule has 86 valence electrons. The van der Waals surface area contributed by atoms with Gasteiger partial charge in [0.25, 0.3) is 0 Å². The van der Waals surface area contributed by atoms with E-state index in [-0.39, 0.29) is 11.6 Å². The Morgan fingerprint density at radius 3 is 2.94 bits per heavy atom. The Morgan fingerprint density at radius 1 is 1.29 bits per heavy atom. The van der Waals surface area contributed by atoms with Crippen LogP contribution in [0.1, 0.15) is 28.9 Å². The lowest BCUT2D eigenvalue weighted by molar-refractivity contribution is 0.0967. The maximum atomic E-state index is 13.1. The molecule has 0 aliphatic heterocycles. The Morgan fingerprint density at radius 2 is 2.18 bits per heavy atom.